The lowest BCUT2D eigenvalue weighted by atomic mass is 9.55. The molecule has 0 saturated carbocycles. The van der Waals surface area contributed by atoms with Crippen molar-refractivity contribution in [2.24, 2.45) is 17.3 Å². The van der Waals surface area contributed by atoms with Gasteiger partial charge in [-0.05, 0) is 62.3 Å². The van der Waals surface area contributed by atoms with Gasteiger partial charge in [0.25, 0.3) is 0 Å². The summed E-state index contributed by atoms with van der Waals surface area (Å²) >= 11 is 0. The van der Waals surface area contributed by atoms with Crippen molar-refractivity contribution in [3.63, 3.8) is 0 Å². The summed E-state index contributed by atoms with van der Waals surface area (Å²) in [6.07, 6.45) is 8.69. The highest BCUT2D eigenvalue weighted by Crippen LogP contribution is 2.56. The molecule has 0 aromatic heterocycles. The largest absolute Gasteiger partial charge is 0.372 e. The summed E-state index contributed by atoms with van der Waals surface area (Å²) in [5, 5.41) is 2.64. The van der Waals surface area contributed by atoms with Crippen LogP contribution in [-0.4, -0.2) is 11.7 Å². The molecule has 2 aromatic rings. The van der Waals surface area contributed by atoms with Crippen LogP contribution < -0.4 is 0 Å². The second kappa shape index (κ2) is 7.43. The lowest BCUT2D eigenvalue weighted by Gasteiger charge is -2.54. The minimum absolute atomic E-state index is 0.106. The molecule has 0 heterocycles. The quantitative estimate of drug-likeness (QED) is 0.465. The normalized spacial score (nSPS) is 28.9. The summed E-state index contributed by atoms with van der Waals surface area (Å²) in [7, 11) is 0. The molecule has 0 radical (unpaired) electrons. The Morgan fingerprint density at radius 3 is 2.38 bits per heavy atom. The first-order chi connectivity index (χ1) is 13.7. The molecule has 0 N–H and O–H groups in total. The summed E-state index contributed by atoms with van der Waals surface area (Å²) in [4.78, 5) is 0. The van der Waals surface area contributed by atoms with E-state index in [0.717, 1.165) is 12.8 Å². The van der Waals surface area contributed by atoms with E-state index in [9.17, 15) is 0 Å². The van der Waals surface area contributed by atoms with Gasteiger partial charge in [-0.25, -0.2) is 0 Å². The first-order valence-corrected chi connectivity index (χ1v) is 11.3. The van der Waals surface area contributed by atoms with E-state index in [1.165, 1.54) is 28.3 Å². The lowest BCUT2D eigenvalue weighted by molar-refractivity contribution is -0.113. The summed E-state index contributed by atoms with van der Waals surface area (Å²) in [5.41, 5.74) is 4.53. The third-order valence-electron chi connectivity index (χ3n) is 6.74. The standard InChI is InChI=1S/C28H36O/c1-19(2)13-25-16-26-24(17-27(25,5)18-28(26,6)29-20(3)4)15-21-11-12-22-9-7-8-10-23(22)14-21/h7-12,14,16-17,19-20,26H,13,15,18H2,1-6H3. The van der Waals surface area contributed by atoms with E-state index in [1.807, 2.05) is 0 Å². The maximum Gasteiger partial charge on any atom is 0.0768 e. The van der Waals surface area contributed by atoms with Crippen LogP contribution in [0.15, 0.2) is 65.8 Å². The highest BCUT2D eigenvalue weighted by molar-refractivity contribution is 5.83. The molecule has 3 aliphatic carbocycles. The topological polar surface area (TPSA) is 9.23 Å². The van der Waals surface area contributed by atoms with Gasteiger partial charge in [-0.15, -0.1) is 0 Å². The van der Waals surface area contributed by atoms with Gasteiger partial charge in [-0.3, -0.25) is 0 Å². The van der Waals surface area contributed by atoms with Gasteiger partial charge < -0.3 is 4.74 Å². The van der Waals surface area contributed by atoms with Gasteiger partial charge >= 0.3 is 0 Å². The molecule has 1 heteroatoms. The highest BCUT2D eigenvalue weighted by atomic mass is 16.5. The van der Waals surface area contributed by atoms with E-state index >= 15 is 0 Å². The van der Waals surface area contributed by atoms with Crippen LogP contribution >= 0.6 is 0 Å². The Kier molecular flexibility index (Phi) is 5.23. The second-order valence-corrected chi connectivity index (χ2v) is 10.4. The molecular formula is C28H36O. The fourth-order valence-electron chi connectivity index (χ4n) is 5.80. The summed E-state index contributed by atoms with van der Waals surface area (Å²) in [5.74, 6) is 1.05. The van der Waals surface area contributed by atoms with E-state index in [2.05, 4.69) is 96.2 Å². The third-order valence-corrected chi connectivity index (χ3v) is 6.74. The van der Waals surface area contributed by atoms with Gasteiger partial charge in [0.15, 0.2) is 0 Å². The van der Waals surface area contributed by atoms with Crippen molar-refractivity contribution in [1.29, 1.82) is 0 Å². The first kappa shape index (κ1) is 20.4. The van der Waals surface area contributed by atoms with Crippen LogP contribution in [0.25, 0.3) is 10.8 Å². The zero-order chi connectivity index (χ0) is 20.8. The Balaban J connectivity index is 1.70. The molecule has 0 saturated heterocycles. The lowest BCUT2D eigenvalue weighted by Crippen LogP contribution is -2.51. The van der Waals surface area contributed by atoms with Gasteiger partial charge in [-0.1, -0.05) is 86.5 Å². The van der Waals surface area contributed by atoms with Crippen molar-refractivity contribution in [2.75, 3.05) is 0 Å². The smallest absolute Gasteiger partial charge is 0.0768 e. The van der Waals surface area contributed by atoms with Crippen LogP contribution in [-0.2, 0) is 11.2 Å². The Morgan fingerprint density at radius 2 is 1.72 bits per heavy atom. The molecule has 29 heavy (non-hydrogen) atoms. The molecule has 2 bridgehead atoms. The second-order valence-electron chi connectivity index (χ2n) is 10.4. The van der Waals surface area contributed by atoms with Crippen LogP contribution in [0.5, 0.6) is 0 Å². The minimum Gasteiger partial charge on any atom is -0.372 e. The fourth-order valence-corrected chi connectivity index (χ4v) is 5.80. The number of ether oxygens (including phenoxy) is 1. The van der Waals surface area contributed by atoms with E-state index in [1.54, 1.807) is 5.57 Å². The molecule has 3 aliphatic rings. The maximum absolute atomic E-state index is 6.58. The molecule has 0 aliphatic heterocycles. The Hall–Kier alpha value is -1.86. The van der Waals surface area contributed by atoms with E-state index in [0.29, 0.717) is 11.8 Å². The molecule has 0 spiro atoms. The predicted octanol–water partition coefficient (Wildman–Crippen LogP) is 7.50. The van der Waals surface area contributed by atoms with E-state index in [-0.39, 0.29) is 17.1 Å². The molecule has 0 fully saturated rings. The molecule has 5 rings (SSSR count). The Bertz CT molecular complexity index is 963. The molecule has 1 nitrogen and oxygen atoms in total. The number of hydrogen-bond acceptors (Lipinski definition) is 1. The van der Waals surface area contributed by atoms with Gasteiger partial charge in [-0.2, -0.15) is 0 Å². The van der Waals surface area contributed by atoms with Gasteiger partial charge in [0.05, 0.1) is 11.7 Å². The molecule has 2 aromatic carbocycles. The molecular weight excluding hydrogens is 352 g/mol. The summed E-state index contributed by atoms with van der Waals surface area (Å²) in [6.45, 7) is 13.8. The highest BCUT2D eigenvalue weighted by Gasteiger charge is 2.51. The average molecular weight is 389 g/mol. The Labute approximate surface area is 176 Å². The number of allylic oxidation sites excluding steroid dienone is 2. The van der Waals surface area contributed by atoms with E-state index in [4.69, 9.17) is 4.74 Å². The van der Waals surface area contributed by atoms with Crippen molar-refractivity contribution >= 4 is 10.8 Å². The minimum atomic E-state index is -0.121. The van der Waals surface area contributed by atoms with Crippen molar-refractivity contribution < 1.29 is 4.74 Å². The molecule has 154 valence electrons. The fraction of sp³-hybridized carbons (Fsp3) is 0.500. The van der Waals surface area contributed by atoms with Crippen LogP contribution in [0.2, 0.25) is 0 Å². The summed E-state index contributed by atoms with van der Waals surface area (Å²) < 4.78 is 6.58. The SMILES string of the molecule is CC(C)CC1=CC2C(Cc3ccc4ccccc4c3)=CC1(C)CC2(C)OC(C)C. The van der Waals surface area contributed by atoms with Crippen molar-refractivity contribution in [3.05, 3.63) is 71.3 Å². The monoisotopic (exact) mass is 388 g/mol. The Morgan fingerprint density at radius 1 is 1.00 bits per heavy atom. The molecule has 3 atom stereocenters. The van der Waals surface area contributed by atoms with Crippen LogP contribution in [0, 0.1) is 17.3 Å². The van der Waals surface area contributed by atoms with E-state index < -0.39 is 0 Å². The van der Waals surface area contributed by atoms with Gasteiger partial charge in [0.2, 0.25) is 0 Å². The van der Waals surface area contributed by atoms with Crippen molar-refractivity contribution in [1.82, 2.24) is 0 Å². The number of benzene rings is 2. The number of fused-ring (bicyclic) bond motifs is 2. The molecule has 0 amide bonds. The van der Waals surface area contributed by atoms with Crippen molar-refractivity contribution in [3.8, 4) is 0 Å². The zero-order valence-corrected chi connectivity index (χ0v) is 19.0. The van der Waals surface area contributed by atoms with Gasteiger partial charge in [0, 0.05) is 11.3 Å². The summed E-state index contributed by atoms with van der Waals surface area (Å²) in [6, 6.07) is 15.6. The first-order valence-electron chi connectivity index (χ1n) is 11.3. The zero-order valence-electron chi connectivity index (χ0n) is 19.0. The maximum atomic E-state index is 6.58. The van der Waals surface area contributed by atoms with Crippen LogP contribution in [0.1, 0.15) is 59.9 Å². The van der Waals surface area contributed by atoms with Crippen LogP contribution in [0.3, 0.4) is 0 Å². The average Bonchev–Trinajstić information content (AvgIpc) is 2.61. The van der Waals surface area contributed by atoms with Crippen molar-refractivity contribution in [2.45, 2.75) is 72.5 Å². The number of rotatable bonds is 6. The third kappa shape index (κ3) is 3.94. The van der Waals surface area contributed by atoms with Crippen LogP contribution in [0.4, 0.5) is 0 Å². The van der Waals surface area contributed by atoms with Gasteiger partial charge in [0.1, 0.15) is 0 Å². The molecule has 3 unspecified atom stereocenters. The predicted molar refractivity (Wildman–Crippen MR) is 124 cm³/mol. The number of hydrogen-bond donors (Lipinski definition) is 0.